The fourth-order valence-corrected chi connectivity index (χ4v) is 3.43. The number of aromatic hydroxyl groups is 1. The van der Waals surface area contributed by atoms with Crippen LogP contribution < -0.4 is 10.1 Å². The number of hydrogen-bond donors (Lipinski definition) is 2. The van der Waals surface area contributed by atoms with E-state index in [1.54, 1.807) is 30.3 Å². The van der Waals surface area contributed by atoms with Crippen molar-refractivity contribution in [1.29, 1.82) is 0 Å². The van der Waals surface area contributed by atoms with Gasteiger partial charge in [-0.05, 0) is 73.9 Å². The normalized spacial score (nSPS) is 10.9. The number of amides is 1. The molecule has 0 spiro atoms. The van der Waals surface area contributed by atoms with Gasteiger partial charge in [0.25, 0.3) is 5.91 Å². The Kier molecular flexibility index (Phi) is 5.62. The number of rotatable bonds is 6. The van der Waals surface area contributed by atoms with Gasteiger partial charge in [0.05, 0.1) is 12.2 Å². The summed E-state index contributed by atoms with van der Waals surface area (Å²) >= 11 is 0. The van der Waals surface area contributed by atoms with Crippen LogP contribution in [-0.2, 0) is 0 Å². The summed E-state index contributed by atoms with van der Waals surface area (Å²) in [5.74, 6) is 0.696. The molecule has 0 saturated carbocycles. The van der Waals surface area contributed by atoms with Crippen molar-refractivity contribution in [2.45, 2.75) is 27.2 Å². The third kappa shape index (κ3) is 4.38. The first-order valence-corrected chi connectivity index (χ1v) is 10.2. The number of phenols is 1. The minimum Gasteiger partial charge on any atom is -0.507 e. The van der Waals surface area contributed by atoms with Crippen LogP contribution >= 0.6 is 0 Å². The summed E-state index contributed by atoms with van der Waals surface area (Å²) in [4.78, 5) is 17.3. The summed E-state index contributed by atoms with van der Waals surface area (Å²) in [6.07, 6.45) is 0.891. The van der Waals surface area contributed by atoms with Gasteiger partial charge in [-0.2, -0.15) is 0 Å². The fraction of sp³-hybridized carbons (Fsp3) is 0.200. The second kappa shape index (κ2) is 8.52. The standard InChI is InChI=1S/C25H24N2O4/c1-4-10-30-19-7-5-6-17(13-19)24(29)26-18-8-9-22(28)20(14-18)25-27-21-12-15(2)11-16(3)23(21)31-25/h5-9,11-14,28H,4,10H2,1-3H3,(H,26,29). The Morgan fingerprint density at radius 3 is 2.77 bits per heavy atom. The zero-order valence-electron chi connectivity index (χ0n) is 17.7. The first-order valence-electron chi connectivity index (χ1n) is 10.2. The highest BCUT2D eigenvalue weighted by Crippen LogP contribution is 2.34. The number of carbonyl (C=O) groups excluding carboxylic acids is 1. The summed E-state index contributed by atoms with van der Waals surface area (Å²) in [6, 6.07) is 15.8. The van der Waals surface area contributed by atoms with Crippen LogP contribution in [0.1, 0.15) is 34.8 Å². The molecular formula is C25H24N2O4. The Morgan fingerprint density at radius 2 is 1.97 bits per heavy atom. The third-order valence-corrected chi connectivity index (χ3v) is 4.87. The number of phenolic OH excluding ortho intramolecular Hbond substituents is 1. The number of benzene rings is 3. The van der Waals surface area contributed by atoms with E-state index in [2.05, 4.69) is 10.3 Å². The van der Waals surface area contributed by atoms with Crippen molar-refractivity contribution in [3.05, 3.63) is 71.3 Å². The lowest BCUT2D eigenvalue weighted by atomic mass is 10.1. The van der Waals surface area contributed by atoms with Gasteiger partial charge < -0.3 is 19.6 Å². The summed E-state index contributed by atoms with van der Waals surface area (Å²) in [7, 11) is 0. The topological polar surface area (TPSA) is 84.6 Å². The molecule has 0 aliphatic heterocycles. The van der Waals surface area contributed by atoms with Crippen LogP contribution in [0, 0.1) is 13.8 Å². The highest BCUT2D eigenvalue weighted by atomic mass is 16.5. The number of carbonyl (C=O) groups is 1. The number of oxazole rings is 1. The smallest absolute Gasteiger partial charge is 0.255 e. The van der Waals surface area contributed by atoms with Crippen LogP contribution in [0.4, 0.5) is 5.69 Å². The second-order valence-electron chi connectivity index (χ2n) is 7.51. The minimum atomic E-state index is -0.275. The molecule has 158 valence electrons. The van der Waals surface area contributed by atoms with Crippen molar-refractivity contribution < 1.29 is 19.1 Å². The van der Waals surface area contributed by atoms with Crippen LogP contribution in [-0.4, -0.2) is 22.6 Å². The van der Waals surface area contributed by atoms with Gasteiger partial charge in [0.15, 0.2) is 5.58 Å². The Hall–Kier alpha value is -3.80. The molecule has 4 rings (SSSR count). The van der Waals surface area contributed by atoms with E-state index in [1.807, 2.05) is 39.0 Å². The monoisotopic (exact) mass is 416 g/mol. The largest absolute Gasteiger partial charge is 0.507 e. The lowest BCUT2D eigenvalue weighted by molar-refractivity contribution is 0.102. The molecule has 0 radical (unpaired) electrons. The molecular weight excluding hydrogens is 392 g/mol. The van der Waals surface area contributed by atoms with Crippen molar-refractivity contribution in [2.24, 2.45) is 0 Å². The SMILES string of the molecule is CCCOc1cccc(C(=O)Nc2ccc(O)c(-c3nc4cc(C)cc(C)c4o3)c2)c1. The summed E-state index contributed by atoms with van der Waals surface area (Å²) in [5.41, 5.74) is 4.88. The molecule has 0 aliphatic carbocycles. The predicted molar refractivity (Wildman–Crippen MR) is 121 cm³/mol. The molecule has 6 nitrogen and oxygen atoms in total. The molecule has 1 heterocycles. The van der Waals surface area contributed by atoms with Crippen molar-refractivity contribution in [3.8, 4) is 23.0 Å². The maximum absolute atomic E-state index is 12.7. The highest BCUT2D eigenvalue weighted by molar-refractivity contribution is 6.04. The first kappa shape index (κ1) is 20.5. The van der Waals surface area contributed by atoms with E-state index in [0.29, 0.717) is 40.6 Å². The summed E-state index contributed by atoms with van der Waals surface area (Å²) in [6.45, 7) is 6.57. The molecule has 0 aliphatic rings. The molecule has 31 heavy (non-hydrogen) atoms. The maximum atomic E-state index is 12.7. The highest BCUT2D eigenvalue weighted by Gasteiger charge is 2.16. The van der Waals surface area contributed by atoms with E-state index < -0.39 is 0 Å². The van der Waals surface area contributed by atoms with E-state index in [-0.39, 0.29) is 11.7 Å². The number of aryl methyl sites for hydroxylation is 2. The van der Waals surface area contributed by atoms with Crippen molar-refractivity contribution in [3.63, 3.8) is 0 Å². The molecule has 0 unspecified atom stereocenters. The van der Waals surface area contributed by atoms with Crippen molar-refractivity contribution in [2.75, 3.05) is 11.9 Å². The number of fused-ring (bicyclic) bond motifs is 1. The zero-order chi connectivity index (χ0) is 22.0. The van der Waals surface area contributed by atoms with Gasteiger partial charge >= 0.3 is 0 Å². The molecule has 3 aromatic carbocycles. The van der Waals surface area contributed by atoms with Crippen LogP contribution in [0.25, 0.3) is 22.6 Å². The van der Waals surface area contributed by atoms with Gasteiger partial charge in [0, 0.05) is 11.3 Å². The number of hydrogen-bond acceptors (Lipinski definition) is 5. The molecule has 0 atom stereocenters. The molecule has 0 fully saturated rings. The molecule has 4 aromatic rings. The van der Waals surface area contributed by atoms with Crippen LogP contribution in [0.3, 0.4) is 0 Å². The van der Waals surface area contributed by atoms with Crippen molar-refractivity contribution >= 4 is 22.7 Å². The Balaban J connectivity index is 1.61. The molecule has 2 N–H and O–H groups in total. The van der Waals surface area contributed by atoms with Gasteiger partial charge in [0.1, 0.15) is 17.0 Å². The fourth-order valence-electron chi connectivity index (χ4n) is 3.43. The van der Waals surface area contributed by atoms with Crippen LogP contribution in [0.15, 0.2) is 59.0 Å². The lowest BCUT2D eigenvalue weighted by Gasteiger charge is -2.09. The molecule has 0 saturated heterocycles. The van der Waals surface area contributed by atoms with Crippen LogP contribution in [0.2, 0.25) is 0 Å². The van der Waals surface area contributed by atoms with Gasteiger partial charge in [-0.25, -0.2) is 4.98 Å². The van der Waals surface area contributed by atoms with E-state index >= 15 is 0 Å². The number of aromatic nitrogens is 1. The quantitative estimate of drug-likeness (QED) is 0.385. The zero-order valence-corrected chi connectivity index (χ0v) is 17.7. The molecule has 1 amide bonds. The summed E-state index contributed by atoms with van der Waals surface area (Å²) in [5, 5.41) is 13.2. The number of anilines is 1. The van der Waals surface area contributed by atoms with Crippen LogP contribution in [0.5, 0.6) is 11.5 Å². The predicted octanol–water partition coefficient (Wildman–Crippen LogP) is 5.86. The Morgan fingerprint density at radius 1 is 1.13 bits per heavy atom. The second-order valence-corrected chi connectivity index (χ2v) is 7.51. The number of nitrogens with zero attached hydrogens (tertiary/aromatic N) is 1. The average Bonchev–Trinajstić information content (AvgIpc) is 3.18. The van der Waals surface area contributed by atoms with E-state index in [9.17, 15) is 9.90 Å². The van der Waals surface area contributed by atoms with Gasteiger partial charge in [-0.3, -0.25) is 4.79 Å². The Bertz CT molecular complexity index is 1260. The lowest BCUT2D eigenvalue weighted by Crippen LogP contribution is -2.12. The minimum absolute atomic E-state index is 0.0221. The third-order valence-electron chi connectivity index (χ3n) is 4.87. The van der Waals surface area contributed by atoms with E-state index in [1.165, 1.54) is 6.07 Å². The summed E-state index contributed by atoms with van der Waals surface area (Å²) < 4.78 is 11.5. The number of nitrogens with one attached hydrogen (secondary N) is 1. The van der Waals surface area contributed by atoms with Gasteiger partial charge in [-0.15, -0.1) is 0 Å². The van der Waals surface area contributed by atoms with Gasteiger partial charge in [0.2, 0.25) is 5.89 Å². The average molecular weight is 416 g/mol. The van der Waals surface area contributed by atoms with E-state index in [0.717, 1.165) is 23.1 Å². The maximum Gasteiger partial charge on any atom is 0.255 e. The van der Waals surface area contributed by atoms with E-state index in [4.69, 9.17) is 9.15 Å². The molecule has 0 bridgehead atoms. The Labute approximate surface area is 180 Å². The van der Waals surface area contributed by atoms with Gasteiger partial charge in [-0.1, -0.05) is 19.1 Å². The van der Waals surface area contributed by atoms with Crippen molar-refractivity contribution in [1.82, 2.24) is 4.98 Å². The molecule has 1 aromatic heterocycles. The first-order chi connectivity index (χ1) is 14.9. The number of ether oxygens (including phenoxy) is 1. The molecule has 6 heteroatoms.